The van der Waals surface area contributed by atoms with Gasteiger partial charge in [-0.3, -0.25) is 0 Å². The average molecular weight is 348 g/mol. The molecular formula is C19H22F2N2O2. The van der Waals surface area contributed by atoms with Crippen LogP contribution in [-0.2, 0) is 0 Å². The standard InChI is InChI=1S/C19H22F2N2O2/c1-22-13-19(24)8-10-23(11-9-19)16-6-3-7-17(18(16)21)25-15-5-2-4-14(20)12-15/h2-7,12,22,24H,8-11,13H2,1H3. The molecule has 2 N–H and O–H groups in total. The number of aliphatic hydroxyl groups is 1. The van der Waals surface area contributed by atoms with Gasteiger partial charge in [-0.25, -0.2) is 8.78 Å². The molecule has 0 aliphatic carbocycles. The first-order valence-electron chi connectivity index (χ1n) is 8.35. The highest BCUT2D eigenvalue weighted by Crippen LogP contribution is 2.33. The number of hydrogen-bond donors (Lipinski definition) is 2. The highest BCUT2D eigenvalue weighted by molar-refractivity contribution is 5.53. The highest BCUT2D eigenvalue weighted by atomic mass is 19.1. The van der Waals surface area contributed by atoms with Crippen molar-refractivity contribution in [3.05, 3.63) is 54.1 Å². The Balaban J connectivity index is 1.76. The molecule has 2 aromatic rings. The van der Waals surface area contributed by atoms with Gasteiger partial charge in [0.05, 0.1) is 11.3 Å². The first-order valence-corrected chi connectivity index (χ1v) is 8.35. The molecule has 1 saturated heterocycles. The van der Waals surface area contributed by atoms with Crippen LogP contribution in [0.1, 0.15) is 12.8 Å². The van der Waals surface area contributed by atoms with Crippen LogP contribution in [0, 0.1) is 11.6 Å². The van der Waals surface area contributed by atoms with E-state index in [1.807, 2.05) is 4.90 Å². The van der Waals surface area contributed by atoms with Gasteiger partial charge in [0.15, 0.2) is 11.6 Å². The molecular weight excluding hydrogens is 326 g/mol. The topological polar surface area (TPSA) is 44.7 Å². The molecule has 0 radical (unpaired) electrons. The van der Waals surface area contributed by atoms with Crippen molar-refractivity contribution < 1.29 is 18.6 Å². The molecule has 2 aromatic carbocycles. The minimum absolute atomic E-state index is 0.0548. The lowest BCUT2D eigenvalue weighted by Crippen LogP contribution is -2.49. The quantitative estimate of drug-likeness (QED) is 0.870. The van der Waals surface area contributed by atoms with Gasteiger partial charge in [-0.15, -0.1) is 0 Å². The zero-order valence-electron chi connectivity index (χ0n) is 14.1. The Morgan fingerprint density at radius 3 is 2.56 bits per heavy atom. The number of nitrogens with one attached hydrogen (secondary N) is 1. The summed E-state index contributed by atoms with van der Waals surface area (Å²) >= 11 is 0. The molecule has 3 rings (SSSR count). The van der Waals surface area contributed by atoms with E-state index in [9.17, 15) is 13.9 Å². The second-order valence-electron chi connectivity index (χ2n) is 6.39. The Hall–Kier alpha value is -2.18. The monoisotopic (exact) mass is 348 g/mol. The van der Waals surface area contributed by atoms with Gasteiger partial charge in [0.1, 0.15) is 11.6 Å². The van der Waals surface area contributed by atoms with Gasteiger partial charge in [-0.2, -0.15) is 0 Å². The Bertz CT molecular complexity index is 731. The fourth-order valence-corrected chi connectivity index (χ4v) is 3.15. The largest absolute Gasteiger partial charge is 0.454 e. The molecule has 4 nitrogen and oxygen atoms in total. The summed E-state index contributed by atoms with van der Waals surface area (Å²) in [6, 6.07) is 10.5. The second-order valence-corrected chi connectivity index (χ2v) is 6.39. The van der Waals surface area contributed by atoms with E-state index in [1.165, 1.54) is 24.3 Å². The van der Waals surface area contributed by atoms with Gasteiger partial charge in [0.25, 0.3) is 0 Å². The van der Waals surface area contributed by atoms with Gasteiger partial charge in [-0.05, 0) is 44.2 Å². The van der Waals surface area contributed by atoms with E-state index >= 15 is 0 Å². The molecule has 134 valence electrons. The lowest BCUT2D eigenvalue weighted by molar-refractivity contribution is 0.0184. The zero-order valence-corrected chi connectivity index (χ0v) is 14.1. The molecule has 0 atom stereocenters. The minimum atomic E-state index is -0.753. The smallest absolute Gasteiger partial charge is 0.188 e. The van der Waals surface area contributed by atoms with Crippen LogP contribution >= 0.6 is 0 Å². The Morgan fingerprint density at radius 1 is 1.16 bits per heavy atom. The normalized spacial score (nSPS) is 16.7. The van der Waals surface area contributed by atoms with Crippen LogP contribution in [0.3, 0.4) is 0 Å². The molecule has 1 aliphatic rings. The summed E-state index contributed by atoms with van der Waals surface area (Å²) in [6.07, 6.45) is 1.12. The first-order chi connectivity index (χ1) is 12.0. The molecule has 0 amide bonds. The number of halogens is 2. The predicted octanol–water partition coefficient (Wildman–Crippen LogP) is 3.31. The lowest BCUT2D eigenvalue weighted by Gasteiger charge is -2.39. The van der Waals surface area contributed by atoms with E-state index in [0.717, 1.165) is 0 Å². The molecule has 1 fully saturated rings. The number of rotatable bonds is 5. The van der Waals surface area contributed by atoms with Gasteiger partial charge in [0.2, 0.25) is 0 Å². The number of nitrogens with zero attached hydrogens (tertiary/aromatic N) is 1. The van der Waals surface area contributed by atoms with Crippen LogP contribution in [0.5, 0.6) is 11.5 Å². The van der Waals surface area contributed by atoms with Gasteiger partial charge >= 0.3 is 0 Å². The van der Waals surface area contributed by atoms with Crippen LogP contribution in [0.4, 0.5) is 14.5 Å². The predicted molar refractivity (Wildman–Crippen MR) is 93.2 cm³/mol. The van der Waals surface area contributed by atoms with Gasteiger partial charge in [0, 0.05) is 25.7 Å². The number of anilines is 1. The molecule has 0 aromatic heterocycles. The summed E-state index contributed by atoms with van der Waals surface area (Å²) < 4.78 is 33.6. The van der Waals surface area contributed by atoms with Crippen LogP contribution in [0.15, 0.2) is 42.5 Å². The summed E-state index contributed by atoms with van der Waals surface area (Å²) in [5.41, 5.74) is -0.322. The highest BCUT2D eigenvalue weighted by Gasteiger charge is 2.32. The van der Waals surface area contributed by atoms with Crippen molar-refractivity contribution in [2.24, 2.45) is 0 Å². The number of piperidine rings is 1. The average Bonchev–Trinajstić information content (AvgIpc) is 2.58. The third-order valence-electron chi connectivity index (χ3n) is 4.51. The lowest BCUT2D eigenvalue weighted by atomic mass is 9.91. The van der Waals surface area contributed by atoms with Crippen molar-refractivity contribution in [3.63, 3.8) is 0 Å². The SMILES string of the molecule is CNCC1(O)CCN(c2cccc(Oc3cccc(F)c3)c2F)CC1. The summed E-state index contributed by atoms with van der Waals surface area (Å²) in [5.74, 6) is -0.614. The van der Waals surface area contributed by atoms with Gasteiger partial charge < -0.3 is 20.1 Å². The summed E-state index contributed by atoms with van der Waals surface area (Å²) in [7, 11) is 1.80. The van der Waals surface area contributed by atoms with Crippen LogP contribution in [0.2, 0.25) is 0 Å². The van der Waals surface area contributed by atoms with Crippen LogP contribution in [-0.4, -0.2) is 37.4 Å². The van der Waals surface area contributed by atoms with E-state index in [0.29, 0.717) is 38.2 Å². The molecule has 6 heteroatoms. The maximum Gasteiger partial charge on any atom is 0.188 e. The molecule has 0 saturated carbocycles. The number of benzene rings is 2. The van der Waals surface area contributed by atoms with Crippen molar-refractivity contribution in [1.82, 2.24) is 5.32 Å². The summed E-state index contributed by atoms with van der Waals surface area (Å²) in [6.45, 7) is 1.63. The van der Waals surface area contributed by atoms with Crippen molar-refractivity contribution >= 4 is 5.69 Å². The second kappa shape index (κ2) is 7.37. The Morgan fingerprint density at radius 2 is 1.88 bits per heavy atom. The van der Waals surface area contributed by atoms with Crippen LogP contribution < -0.4 is 15.0 Å². The molecule has 1 aliphatic heterocycles. The van der Waals surface area contributed by atoms with Crippen molar-refractivity contribution in [2.45, 2.75) is 18.4 Å². The molecule has 0 spiro atoms. The molecule has 1 heterocycles. The fraction of sp³-hybridized carbons (Fsp3) is 0.368. The fourth-order valence-electron chi connectivity index (χ4n) is 3.15. The van der Waals surface area contributed by atoms with E-state index in [1.54, 1.807) is 25.2 Å². The summed E-state index contributed by atoms with van der Waals surface area (Å²) in [4.78, 5) is 1.90. The minimum Gasteiger partial charge on any atom is -0.454 e. The van der Waals surface area contributed by atoms with Gasteiger partial charge in [-0.1, -0.05) is 12.1 Å². The molecule has 0 bridgehead atoms. The van der Waals surface area contributed by atoms with Crippen molar-refractivity contribution in [1.29, 1.82) is 0 Å². The Labute approximate surface area is 146 Å². The molecule has 25 heavy (non-hydrogen) atoms. The van der Waals surface area contributed by atoms with Crippen LogP contribution in [0.25, 0.3) is 0 Å². The van der Waals surface area contributed by atoms with Crippen molar-refractivity contribution in [3.8, 4) is 11.5 Å². The van der Waals surface area contributed by atoms with E-state index in [2.05, 4.69) is 5.32 Å². The Kier molecular flexibility index (Phi) is 5.20. The number of likely N-dealkylation sites (N-methyl/N-ethyl adjacent to an activating group) is 1. The molecule has 0 unspecified atom stereocenters. The maximum absolute atomic E-state index is 14.8. The van der Waals surface area contributed by atoms with E-state index < -0.39 is 17.2 Å². The van der Waals surface area contributed by atoms with E-state index in [4.69, 9.17) is 4.74 Å². The number of ether oxygens (including phenoxy) is 1. The van der Waals surface area contributed by atoms with Crippen molar-refractivity contribution in [2.75, 3.05) is 31.6 Å². The zero-order chi connectivity index (χ0) is 17.9. The summed E-state index contributed by atoms with van der Waals surface area (Å²) in [5, 5.41) is 13.4. The third-order valence-corrected chi connectivity index (χ3v) is 4.51. The maximum atomic E-state index is 14.8. The third kappa shape index (κ3) is 4.08. The number of hydrogen-bond acceptors (Lipinski definition) is 4. The first kappa shape index (κ1) is 17.6. The van der Waals surface area contributed by atoms with E-state index in [-0.39, 0.29) is 11.5 Å².